The Morgan fingerprint density at radius 3 is 2.53 bits per heavy atom. The minimum Gasteiger partial charge on any atom is -0.332 e. The third-order valence-electron chi connectivity index (χ3n) is 4.60. The zero-order valence-electron chi connectivity index (χ0n) is 17.4. The molecular weight excluding hydrogens is 424 g/mol. The molecule has 0 unspecified atom stereocenters. The van der Waals surface area contributed by atoms with Crippen molar-refractivity contribution in [3.05, 3.63) is 72.7 Å². The molecule has 4 aromatic rings. The summed E-state index contributed by atoms with van der Waals surface area (Å²) < 4.78 is 0. The topological polar surface area (TPSA) is 113 Å². The number of hydrogen-bond acceptors (Lipinski definition) is 6. The molecule has 0 bridgehead atoms. The van der Waals surface area contributed by atoms with Gasteiger partial charge in [-0.1, -0.05) is 30.0 Å². The number of thioether (sulfide) groups is 1. The third-order valence-corrected chi connectivity index (χ3v) is 5.18. The van der Waals surface area contributed by atoms with Crippen LogP contribution in [-0.2, 0) is 4.79 Å². The monoisotopic (exact) mass is 444 g/mol. The summed E-state index contributed by atoms with van der Waals surface area (Å²) in [6.07, 6.45) is 6.71. The summed E-state index contributed by atoms with van der Waals surface area (Å²) in [5.74, 6) is 0.00728. The highest BCUT2D eigenvalue weighted by atomic mass is 32.2. The third kappa shape index (κ3) is 4.68. The molecule has 3 N–H and O–H groups in total. The van der Waals surface area contributed by atoms with Crippen LogP contribution in [0.25, 0.3) is 22.5 Å². The zero-order valence-corrected chi connectivity index (χ0v) is 18.2. The maximum atomic E-state index is 12.7. The van der Waals surface area contributed by atoms with Gasteiger partial charge in [0.05, 0.1) is 17.1 Å². The lowest BCUT2D eigenvalue weighted by Crippen LogP contribution is -2.12. The number of pyridine rings is 2. The Morgan fingerprint density at radius 2 is 1.78 bits per heavy atom. The van der Waals surface area contributed by atoms with Crippen LogP contribution in [0.5, 0.6) is 0 Å². The number of amides is 2. The van der Waals surface area contributed by atoms with Gasteiger partial charge in [0.25, 0.3) is 5.91 Å². The molecule has 160 valence electrons. The van der Waals surface area contributed by atoms with E-state index in [1.165, 1.54) is 18.7 Å². The van der Waals surface area contributed by atoms with Crippen LogP contribution in [0.15, 0.2) is 72.3 Å². The highest BCUT2D eigenvalue weighted by Gasteiger charge is 2.18. The number of H-pyrrole nitrogens is 1. The van der Waals surface area contributed by atoms with Crippen LogP contribution < -0.4 is 10.6 Å². The molecule has 0 saturated carbocycles. The molecule has 0 radical (unpaired) electrons. The van der Waals surface area contributed by atoms with Gasteiger partial charge in [-0.3, -0.25) is 14.6 Å². The Labute approximate surface area is 188 Å². The maximum absolute atomic E-state index is 12.7. The first kappa shape index (κ1) is 21.3. The Kier molecular flexibility index (Phi) is 6.27. The summed E-state index contributed by atoms with van der Waals surface area (Å²) in [6, 6.07) is 14.4. The number of para-hydroxylation sites is 1. The molecule has 32 heavy (non-hydrogen) atoms. The number of benzene rings is 1. The average molecular weight is 445 g/mol. The summed E-state index contributed by atoms with van der Waals surface area (Å²) in [7, 11) is 0. The second-order valence-corrected chi connectivity index (χ2v) is 7.61. The summed E-state index contributed by atoms with van der Waals surface area (Å²) >= 11 is 1.48. The van der Waals surface area contributed by atoms with Gasteiger partial charge in [0.15, 0.2) is 5.16 Å². The van der Waals surface area contributed by atoms with E-state index in [0.29, 0.717) is 22.8 Å². The minimum absolute atomic E-state index is 0.201. The predicted molar refractivity (Wildman–Crippen MR) is 126 cm³/mol. The quantitative estimate of drug-likeness (QED) is 0.378. The molecule has 4 rings (SSSR count). The molecule has 0 spiro atoms. The van der Waals surface area contributed by atoms with E-state index in [-0.39, 0.29) is 11.8 Å². The number of imidazole rings is 1. The standard InChI is InChI=1S/C23H20N6O2S/c1-14(30)26-19-13-16(9-12-25-19)20-21(29-23(28-20)32-2)17-5-3-4-6-18(17)27-22(31)15-7-10-24-11-8-15/h3-13H,1-2H3,(H,27,31)(H,28,29)(H,25,26,30). The molecule has 0 aliphatic carbocycles. The number of rotatable bonds is 6. The van der Waals surface area contributed by atoms with Crippen LogP contribution in [0.4, 0.5) is 11.5 Å². The fourth-order valence-corrected chi connectivity index (χ4v) is 3.57. The van der Waals surface area contributed by atoms with Crippen molar-refractivity contribution in [1.29, 1.82) is 0 Å². The SMILES string of the molecule is CSc1nc(-c2ccccc2NC(=O)c2ccncc2)c(-c2ccnc(NC(C)=O)c2)[nH]1. The van der Waals surface area contributed by atoms with Crippen LogP contribution in [0.2, 0.25) is 0 Å². The number of carbonyl (C=O) groups is 2. The van der Waals surface area contributed by atoms with Crippen molar-refractivity contribution in [3.8, 4) is 22.5 Å². The van der Waals surface area contributed by atoms with Gasteiger partial charge >= 0.3 is 0 Å². The van der Waals surface area contributed by atoms with Crippen molar-refractivity contribution in [1.82, 2.24) is 19.9 Å². The fourth-order valence-electron chi connectivity index (χ4n) is 3.18. The summed E-state index contributed by atoms with van der Waals surface area (Å²) in [4.78, 5) is 40.4. The number of nitrogens with zero attached hydrogens (tertiary/aromatic N) is 3. The molecule has 0 atom stereocenters. The number of nitrogens with one attached hydrogen (secondary N) is 3. The van der Waals surface area contributed by atoms with E-state index < -0.39 is 0 Å². The Hall–Kier alpha value is -3.98. The van der Waals surface area contributed by atoms with Gasteiger partial charge in [-0.25, -0.2) is 9.97 Å². The average Bonchev–Trinajstić information content (AvgIpc) is 3.24. The first-order chi connectivity index (χ1) is 15.5. The molecule has 0 aliphatic heterocycles. The summed E-state index contributed by atoms with van der Waals surface area (Å²) in [6.45, 7) is 1.43. The molecule has 9 heteroatoms. The Bertz CT molecular complexity index is 1270. The van der Waals surface area contributed by atoms with Gasteiger partial charge < -0.3 is 15.6 Å². The van der Waals surface area contributed by atoms with Gasteiger partial charge in [0, 0.05) is 42.2 Å². The van der Waals surface area contributed by atoms with E-state index in [2.05, 4.69) is 25.6 Å². The number of carbonyl (C=O) groups excluding carboxylic acids is 2. The molecule has 0 saturated heterocycles. The lowest BCUT2D eigenvalue weighted by Gasteiger charge is -2.11. The first-order valence-electron chi connectivity index (χ1n) is 9.74. The van der Waals surface area contributed by atoms with Gasteiger partial charge in [-0.05, 0) is 36.6 Å². The molecule has 3 aromatic heterocycles. The van der Waals surface area contributed by atoms with Gasteiger partial charge in [0.1, 0.15) is 5.82 Å². The molecule has 1 aromatic carbocycles. The fraction of sp³-hybridized carbons (Fsp3) is 0.0870. The van der Waals surface area contributed by atoms with Crippen molar-refractivity contribution >= 4 is 35.1 Å². The minimum atomic E-state index is -0.237. The van der Waals surface area contributed by atoms with Crippen LogP contribution >= 0.6 is 11.8 Å². The molecule has 3 heterocycles. The van der Waals surface area contributed by atoms with Gasteiger partial charge in [0.2, 0.25) is 5.91 Å². The Morgan fingerprint density at radius 1 is 1.00 bits per heavy atom. The maximum Gasteiger partial charge on any atom is 0.255 e. The highest BCUT2D eigenvalue weighted by Crippen LogP contribution is 2.36. The van der Waals surface area contributed by atoms with Gasteiger partial charge in [-0.2, -0.15) is 0 Å². The number of anilines is 2. The van der Waals surface area contributed by atoms with Gasteiger partial charge in [-0.15, -0.1) is 0 Å². The number of aromatic nitrogens is 4. The molecule has 0 aliphatic rings. The van der Waals surface area contributed by atoms with Crippen LogP contribution in [0.3, 0.4) is 0 Å². The van der Waals surface area contributed by atoms with Crippen molar-refractivity contribution in [2.75, 3.05) is 16.9 Å². The van der Waals surface area contributed by atoms with Crippen LogP contribution in [0, 0.1) is 0 Å². The van der Waals surface area contributed by atoms with E-state index in [0.717, 1.165) is 22.0 Å². The largest absolute Gasteiger partial charge is 0.332 e. The molecule has 2 amide bonds. The van der Waals surface area contributed by atoms with Crippen molar-refractivity contribution in [2.24, 2.45) is 0 Å². The smallest absolute Gasteiger partial charge is 0.255 e. The van der Waals surface area contributed by atoms with Crippen LogP contribution in [-0.4, -0.2) is 38.0 Å². The van der Waals surface area contributed by atoms with E-state index in [9.17, 15) is 9.59 Å². The lowest BCUT2D eigenvalue weighted by atomic mass is 10.0. The summed E-state index contributed by atoms with van der Waals surface area (Å²) in [5.41, 5.74) is 4.15. The van der Waals surface area contributed by atoms with E-state index >= 15 is 0 Å². The number of aromatic amines is 1. The van der Waals surface area contributed by atoms with Crippen molar-refractivity contribution in [3.63, 3.8) is 0 Å². The van der Waals surface area contributed by atoms with E-state index in [4.69, 9.17) is 4.98 Å². The molecular formula is C23H20N6O2S. The number of hydrogen-bond donors (Lipinski definition) is 3. The van der Waals surface area contributed by atoms with Crippen molar-refractivity contribution < 1.29 is 9.59 Å². The summed E-state index contributed by atoms with van der Waals surface area (Å²) in [5, 5.41) is 6.40. The second kappa shape index (κ2) is 9.44. The lowest BCUT2D eigenvalue weighted by molar-refractivity contribution is -0.114. The van der Waals surface area contributed by atoms with Crippen LogP contribution in [0.1, 0.15) is 17.3 Å². The normalized spacial score (nSPS) is 10.6. The second-order valence-electron chi connectivity index (χ2n) is 6.82. The van der Waals surface area contributed by atoms with Crippen molar-refractivity contribution in [2.45, 2.75) is 12.1 Å². The van der Waals surface area contributed by atoms with E-state index in [1.54, 1.807) is 36.8 Å². The Balaban J connectivity index is 1.76. The first-order valence-corrected chi connectivity index (χ1v) is 11.0. The van der Waals surface area contributed by atoms with E-state index in [1.807, 2.05) is 36.6 Å². The highest BCUT2D eigenvalue weighted by molar-refractivity contribution is 7.98. The molecule has 8 nitrogen and oxygen atoms in total. The zero-order chi connectivity index (χ0) is 22.5. The predicted octanol–water partition coefficient (Wildman–Crippen LogP) is 4.47. The molecule has 0 fully saturated rings.